The Morgan fingerprint density at radius 1 is 1.38 bits per heavy atom. The zero-order valence-corrected chi connectivity index (χ0v) is 14.3. The Morgan fingerprint density at radius 3 is 2.67 bits per heavy atom. The number of nitrogens with zero attached hydrogens (tertiary/aromatic N) is 1. The van der Waals surface area contributed by atoms with Crippen LogP contribution in [0.15, 0.2) is 40.2 Å². The Hall–Kier alpha value is -1.24. The molecule has 1 aromatic carbocycles. The van der Waals surface area contributed by atoms with Crippen molar-refractivity contribution in [1.82, 2.24) is 5.32 Å². The monoisotopic (exact) mass is 368 g/mol. The van der Waals surface area contributed by atoms with Crippen LogP contribution in [0.2, 0.25) is 0 Å². The van der Waals surface area contributed by atoms with Crippen LogP contribution in [-0.2, 0) is 6.54 Å². The molecule has 0 saturated carbocycles. The molecule has 0 aliphatic carbocycles. The number of nitrogens with one attached hydrogen (secondary N) is 1. The second kappa shape index (κ2) is 7.15. The van der Waals surface area contributed by atoms with E-state index in [1.54, 1.807) is 23.5 Å². The number of hydrogen-bond acceptors (Lipinski definition) is 4. The molecule has 0 aliphatic heterocycles. The van der Waals surface area contributed by atoms with Gasteiger partial charge in [-0.25, -0.2) is 0 Å². The average Bonchev–Trinajstić information content (AvgIpc) is 2.93. The Balaban J connectivity index is 2.09. The molecule has 4 nitrogen and oxygen atoms in total. The van der Waals surface area contributed by atoms with Crippen LogP contribution in [0.4, 0.5) is 5.69 Å². The lowest BCUT2D eigenvalue weighted by molar-refractivity contribution is -0.384. The third kappa shape index (κ3) is 4.12. The second-order valence-corrected chi connectivity index (χ2v) is 6.98. The van der Waals surface area contributed by atoms with Gasteiger partial charge in [0.15, 0.2) is 0 Å². The minimum Gasteiger partial charge on any atom is -0.305 e. The minimum absolute atomic E-state index is 0.101. The van der Waals surface area contributed by atoms with Gasteiger partial charge in [0.25, 0.3) is 5.69 Å². The first-order valence-electron chi connectivity index (χ1n) is 6.68. The number of nitro groups is 1. The van der Waals surface area contributed by atoms with Crippen molar-refractivity contribution in [2.75, 3.05) is 0 Å². The van der Waals surface area contributed by atoms with Gasteiger partial charge in [0.2, 0.25) is 0 Å². The van der Waals surface area contributed by atoms with Crippen molar-refractivity contribution in [2.45, 2.75) is 26.4 Å². The quantitative estimate of drug-likeness (QED) is 0.582. The number of halogens is 1. The molecule has 2 aromatic rings. The highest BCUT2D eigenvalue weighted by atomic mass is 79.9. The molecule has 0 radical (unpaired) electrons. The Morgan fingerprint density at radius 2 is 2.14 bits per heavy atom. The van der Waals surface area contributed by atoms with Crippen LogP contribution in [0.5, 0.6) is 0 Å². The van der Waals surface area contributed by atoms with Crippen molar-refractivity contribution in [3.05, 3.63) is 60.7 Å². The van der Waals surface area contributed by atoms with E-state index in [2.05, 4.69) is 52.6 Å². The lowest BCUT2D eigenvalue weighted by Crippen LogP contribution is -2.24. The van der Waals surface area contributed by atoms with Crippen LogP contribution in [0.1, 0.15) is 30.3 Å². The van der Waals surface area contributed by atoms with Gasteiger partial charge in [-0.05, 0) is 29.0 Å². The summed E-state index contributed by atoms with van der Waals surface area (Å²) in [5, 5.41) is 16.4. The second-order valence-electron chi connectivity index (χ2n) is 5.15. The summed E-state index contributed by atoms with van der Waals surface area (Å²) in [6.07, 6.45) is 0. The Bertz CT molecular complexity index is 614. The Kier molecular flexibility index (Phi) is 5.50. The number of rotatable bonds is 6. The van der Waals surface area contributed by atoms with Crippen LogP contribution < -0.4 is 5.32 Å². The maximum Gasteiger partial charge on any atom is 0.270 e. The maximum atomic E-state index is 10.7. The van der Waals surface area contributed by atoms with E-state index in [0.717, 1.165) is 10.0 Å². The Labute approximate surface area is 136 Å². The summed E-state index contributed by atoms with van der Waals surface area (Å²) in [4.78, 5) is 11.7. The van der Waals surface area contributed by atoms with E-state index in [0.29, 0.717) is 12.5 Å². The highest BCUT2D eigenvalue weighted by molar-refractivity contribution is 9.10. The molecule has 0 amide bonds. The third-order valence-corrected chi connectivity index (χ3v) is 4.97. The molecular weight excluding hydrogens is 352 g/mol. The van der Waals surface area contributed by atoms with Crippen LogP contribution in [-0.4, -0.2) is 4.92 Å². The lowest BCUT2D eigenvalue weighted by atomic mass is 10.0. The molecule has 112 valence electrons. The smallest absolute Gasteiger partial charge is 0.270 e. The van der Waals surface area contributed by atoms with Gasteiger partial charge in [-0.15, -0.1) is 11.3 Å². The predicted molar refractivity (Wildman–Crippen MR) is 89.5 cm³/mol. The molecule has 0 spiro atoms. The third-order valence-electron chi connectivity index (χ3n) is 3.28. The van der Waals surface area contributed by atoms with Crippen molar-refractivity contribution < 1.29 is 4.92 Å². The van der Waals surface area contributed by atoms with E-state index in [4.69, 9.17) is 0 Å². The van der Waals surface area contributed by atoms with Crippen LogP contribution in [0.25, 0.3) is 0 Å². The van der Waals surface area contributed by atoms with Gasteiger partial charge in [0.1, 0.15) is 0 Å². The van der Waals surface area contributed by atoms with Gasteiger partial charge in [-0.2, -0.15) is 0 Å². The zero-order valence-electron chi connectivity index (χ0n) is 11.9. The highest BCUT2D eigenvalue weighted by Crippen LogP contribution is 2.28. The van der Waals surface area contributed by atoms with Gasteiger partial charge >= 0.3 is 0 Å². The number of thiophene rings is 1. The van der Waals surface area contributed by atoms with Crippen LogP contribution >= 0.6 is 27.3 Å². The van der Waals surface area contributed by atoms with Crippen molar-refractivity contribution in [1.29, 1.82) is 0 Å². The fraction of sp³-hybridized carbons (Fsp3) is 0.333. The molecule has 21 heavy (non-hydrogen) atoms. The molecule has 1 unspecified atom stereocenters. The number of benzene rings is 1. The largest absolute Gasteiger partial charge is 0.305 e. The molecule has 6 heteroatoms. The molecule has 0 bridgehead atoms. The van der Waals surface area contributed by atoms with E-state index >= 15 is 0 Å². The van der Waals surface area contributed by atoms with Gasteiger partial charge < -0.3 is 5.32 Å². The topological polar surface area (TPSA) is 55.2 Å². The van der Waals surface area contributed by atoms with Crippen LogP contribution in [0.3, 0.4) is 0 Å². The van der Waals surface area contributed by atoms with E-state index < -0.39 is 0 Å². The van der Waals surface area contributed by atoms with E-state index in [1.165, 1.54) is 10.9 Å². The number of non-ortho nitro benzene ring substituents is 1. The maximum absolute atomic E-state index is 10.7. The first-order valence-corrected chi connectivity index (χ1v) is 8.36. The molecule has 0 saturated heterocycles. The zero-order chi connectivity index (χ0) is 15.4. The number of hydrogen-bond donors (Lipinski definition) is 1. The average molecular weight is 369 g/mol. The summed E-state index contributed by atoms with van der Waals surface area (Å²) < 4.78 is 0.762. The summed E-state index contributed by atoms with van der Waals surface area (Å²) in [7, 11) is 0. The fourth-order valence-electron chi connectivity index (χ4n) is 2.15. The van der Waals surface area contributed by atoms with Crippen molar-refractivity contribution in [3.8, 4) is 0 Å². The molecule has 1 aromatic heterocycles. The van der Waals surface area contributed by atoms with Gasteiger partial charge in [0, 0.05) is 34.1 Å². The van der Waals surface area contributed by atoms with Crippen molar-refractivity contribution >= 4 is 33.0 Å². The molecule has 1 heterocycles. The molecule has 1 N–H and O–H groups in total. The van der Waals surface area contributed by atoms with E-state index in [-0.39, 0.29) is 16.7 Å². The molecule has 1 atom stereocenters. The van der Waals surface area contributed by atoms with Crippen LogP contribution in [0, 0.1) is 16.0 Å². The summed E-state index contributed by atoms with van der Waals surface area (Å²) in [5.74, 6) is 0.473. The van der Waals surface area contributed by atoms with Crippen molar-refractivity contribution in [2.24, 2.45) is 5.92 Å². The van der Waals surface area contributed by atoms with Gasteiger partial charge in [-0.1, -0.05) is 35.8 Å². The number of nitro benzene ring substituents is 1. The molecule has 0 fully saturated rings. The minimum atomic E-state index is -0.384. The first-order chi connectivity index (χ1) is 9.99. The predicted octanol–water partition coefficient (Wildman–Crippen LogP) is 4.91. The summed E-state index contributed by atoms with van der Waals surface area (Å²) in [6.45, 7) is 5.03. The van der Waals surface area contributed by atoms with E-state index in [1.807, 2.05) is 0 Å². The lowest BCUT2D eigenvalue weighted by Gasteiger charge is -2.21. The first kappa shape index (κ1) is 16.1. The molecular formula is C15H17BrN2O2S. The summed E-state index contributed by atoms with van der Waals surface area (Å²) in [5.41, 5.74) is 1.12. The normalized spacial score (nSPS) is 12.6. The van der Waals surface area contributed by atoms with Gasteiger partial charge in [0.05, 0.1) is 4.92 Å². The van der Waals surface area contributed by atoms with E-state index in [9.17, 15) is 10.1 Å². The summed E-state index contributed by atoms with van der Waals surface area (Å²) >= 11 is 5.15. The highest BCUT2D eigenvalue weighted by Gasteiger charge is 2.17. The summed E-state index contributed by atoms with van der Waals surface area (Å²) in [6, 6.07) is 9.35. The van der Waals surface area contributed by atoms with Crippen molar-refractivity contribution in [3.63, 3.8) is 0 Å². The standard InChI is InChI=1S/C15H17BrN2O2S/c1-10(2)15(14-4-3-7-21-14)17-9-11-5-6-12(18(19)20)8-13(11)16/h3-8,10,15,17H,9H2,1-2H3. The SMILES string of the molecule is CC(C)C(NCc1ccc([N+](=O)[O-])cc1Br)c1cccs1. The fourth-order valence-corrected chi connectivity index (χ4v) is 3.63. The molecule has 2 rings (SSSR count). The molecule has 0 aliphatic rings. The van der Waals surface area contributed by atoms with Gasteiger partial charge in [-0.3, -0.25) is 10.1 Å².